The molecule has 0 aliphatic carbocycles. The molecule has 6 heteroatoms. The van der Waals surface area contributed by atoms with E-state index in [0.717, 1.165) is 0 Å². The minimum atomic E-state index is -1.17. The number of aryl methyl sites for hydroxylation is 1. The summed E-state index contributed by atoms with van der Waals surface area (Å²) < 4.78 is 0. The predicted octanol–water partition coefficient (Wildman–Crippen LogP) is 2.18. The van der Waals surface area contributed by atoms with Crippen LogP contribution in [0.2, 0.25) is 0 Å². The van der Waals surface area contributed by atoms with E-state index in [1.165, 1.54) is 6.07 Å². The van der Waals surface area contributed by atoms with Crippen molar-refractivity contribution in [1.29, 1.82) is 0 Å². The van der Waals surface area contributed by atoms with E-state index in [9.17, 15) is 20.0 Å². The highest BCUT2D eigenvalue weighted by Gasteiger charge is 2.37. The minimum Gasteiger partial charge on any atom is -0.388 e. The first-order chi connectivity index (χ1) is 8.97. The van der Waals surface area contributed by atoms with E-state index in [1.54, 1.807) is 46.8 Å². The van der Waals surface area contributed by atoms with Crippen LogP contribution >= 0.6 is 0 Å². The summed E-state index contributed by atoms with van der Waals surface area (Å²) in [5.41, 5.74) is -1.89. The molecule has 0 heterocycles. The first kappa shape index (κ1) is 16.1. The second kappa shape index (κ2) is 5.20. The van der Waals surface area contributed by atoms with E-state index in [1.807, 2.05) is 0 Å². The second-order valence-electron chi connectivity index (χ2n) is 5.87. The van der Waals surface area contributed by atoms with E-state index in [4.69, 9.17) is 0 Å². The van der Waals surface area contributed by atoms with Gasteiger partial charge in [0, 0.05) is 5.56 Å². The topological polar surface area (TPSA) is 92.5 Å². The van der Waals surface area contributed by atoms with Gasteiger partial charge in [0.05, 0.1) is 16.1 Å². The van der Waals surface area contributed by atoms with Crippen LogP contribution in [0.4, 0.5) is 5.69 Å². The summed E-state index contributed by atoms with van der Waals surface area (Å²) in [4.78, 5) is 22.8. The maximum absolute atomic E-state index is 12.3. The number of carbonyl (C=O) groups is 1. The lowest BCUT2D eigenvalue weighted by molar-refractivity contribution is -0.385. The molecule has 0 bridgehead atoms. The van der Waals surface area contributed by atoms with Gasteiger partial charge >= 0.3 is 0 Å². The smallest absolute Gasteiger partial charge is 0.285 e. The van der Waals surface area contributed by atoms with Crippen molar-refractivity contribution in [1.82, 2.24) is 5.32 Å². The molecule has 110 valence electrons. The van der Waals surface area contributed by atoms with Crippen LogP contribution in [0, 0.1) is 17.0 Å². The largest absolute Gasteiger partial charge is 0.388 e. The fourth-order valence-corrected chi connectivity index (χ4v) is 1.59. The van der Waals surface area contributed by atoms with E-state index < -0.39 is 22.0 Å². The number of nitrogens with zero attached hydrogens (tertiary/aromatic N) is 1. The van der Waals surface area contributed by atoms with Crippen LogP contribution < -0.4 is 5.32 Å². The highest BCUT2D eigenvalue weighted by molar-refractivity contribution is 5.99. The molecule has 0 aliphatic rings. The molecule has 0 fully saturated rings. The van der Waals surface area contributed by atoms with Crippen LogP contribution in [0.1, 0.15) is 43.6 Å². The van der Waals surface area contributed by atoms with E-state index in [-0.39, 0.29) is 11.3 Å². The number of nitro benzene ring substituents is 1. The lowest BCUT2D eigenvalue weighted by Crippen LogP contribution is -2.57. The van der Waals surface area contributed by atoms with Gasteiger partial charge in [0.1, 0.15) is 5.56 Å². The number of carbonyl (C=O) groups excluding carboxylic acids is 1. The fraction of sp³-hybridized carbons (Fsp3) is 0.500. The Morgan fingerprint density at radius 3 is 2.30 bits per heavy atom. The molecule has 2 N–H and O–H groups in total. The van der Waals surface area contributed by atoms with Crippen molar-refractivity contribution in [3.63, 3.8) is 0 Å². The SMILES string of the molecule is Cc1cccc(C(=O)NC(C)(C)C(C)(C)O)c1[N+](=O)[O-]. The van der Waals surface area contributed by atoms with Crippen molar-refractivity contribution in [2.45, 2.75) is 45.8 Å². The molecule has 0 saturated heterocycles. The number of nitrogens with one attached hydrogen (secondary N) is 1. The Morgan fingerprint density at radius 2 is 1.85 bits per heavy atom. The predicted molar refractivity (Wildman–Crippen MR) is 75.7 cm³/mol. The lowest BCUT2D eigenvalue weighted by Gasteiger charge is -2.37. The molecule has 1 aromatic carbocycles. The Kier molecular flexibility index (Phi) is 4.19. The third-order valence-corrected chi connectivity index (χ3v) is 3.62. The Bertz CT molecular complexity index is 545. The monoisotopic (exact) mass is 280 g/mol. The standard InChI is InChI=1S/C14H20N2O4/c1-9-7-6-8-10(11(9)16(19)20)12(17)15-13(2,3)14(4,5)18/h6-8,18H,1-5H3,(H,15,17). The third kappa shape index (κ3) is 3.14. The number of hydrogen-bond donors (Lipinski definition) is 2. The summed E-state index contributed by atoms with van der Waals surface area (Å²) in [6, 6.07) is 4.57. The van der Waals surface area contributed by atoms with Crippen molar-refractivity contribution in [3.8, 4) is 0 Å². The summed E-state index contributed by atoms with van der Waals surface area (Å²) in [5.74, 6) is -0.576. The molecule has 20 heavy (non-hydrogen) atoms. The van der Waals surface area contributed by atoms with Crippen LogP contribution in [-0.4, -0.2) is 27.1 Å². The summed E-state index contributed by atoms with van der Waals surface area (Å²) in [6.45, 7) is 8.03. The van der Waals surface area contributed by atoms with Gasteiger partial charge in [-0.3, -0.25) is 14.9 Å². The number of para-hydroxylation sites is 1. The molecule has 1 rings (SSSR count). The minimum absolute atomic E-state index is 0.00711. The van der Waals surface area contributed by atoms with Crippen LogP contribution in [0.25, 0.3) is 0 Å². The molecule has 6 nitrogen and oxygen atoms in total. The average molecular weight is 280 g/mol. The summed E-state index contributed by atoms with van der Waals surface area (Å²) in [6.07, 6.45) is 0. The second-order valence-corrected chi connectivity index (χ2v) is 5.87. The van der Waals surface area contributed by atoms with Crippen molar-refractivity contribution >= 4 is 11.6 Å². The highest BCUT2D eigenvalue weighted by atomic mass is 16.6. The summed E-state index contributed by atoms with van der Waals surface area (Å²) in [7, 11) is 0. The maximum atomic E-state index is 12.3. The Balaban J connectivity index is 3.18. The summed E-state index contributed by atoms with van der Waals surface area (Å²) in [5, 5.41) is 23.8. The third-order valence-electron chi connectivity index (χ3n) is 3.62. The average Bonchev–Trinajstić information content (AvgIpc) is 2.25. The van der Waals surface area contributed by atoms with E-state index in [0.29, 0.717) is 5.56 Å². The molecule has 0 spiro atoms. The van der Waals surface area contributed by atoms with Gasteiger partial charge in [-0.15, -0.1) is 0 Å². The Hall–Kier alpha value is -1.95. The van der Waals surface area contributed by atoms with Gasteiger partial charge in [-0.25, -0.2) is 0 Å². The van der Waals surface area contributed by atoms with Gasteiger partial charge in [-0.05, 0) is 40.7 Å². The molecule has 0 saturated carbocycles. The Labute approximate surface area is 118 Å². The first-order valence-electron chi connectivity index (χ1n) is 6.26. The molecule has 0 aromatic heterocycles. The van der Waals surface area contributed by atoms with Crippen LogP contribution in [0.5, 0.6) is 0 Å². The lowest BCUT2D eigenvalue weighted by atomic mass is 9.85. The van der Waals surface area contributed by atoms with Gasteiger partial charge < -0.3 is 10.4 Å². The maximum Gasteiger partial charge on any atom is 0.285 e. The van der Waals surface area contributed by atoms with Gasteiger partial charge in [0.15, 0.2) is 0 Å². The van der Waals surface area contributed by atoms with Crippen molar-refractivity contribution in [3.05, 3.63) is 39.4 Å². The molecule has 0 unspecified atom stereocenters. The molecule has 0 atom stereocenters. The molecular formula is C14H20N2O4. The number of benzene rings is 1. The van der Waals surface area contributed by atoms with Gasteiger partial charge in [0.25, 0.3) is 11.6 Å². The van der Waals surface area contributed by atoms with E-state index >= 15 is 0 Å². The van der Waals surface area contributed by atoms with Gasteiger partial charge in [-0.1, -0.05) is 12.1 Å². The highest BCUT2D eigenvalue weighted by Crippen LogP contribution is 2.25. The van der Waals surface area contributed by atoms with Crippen LogP contribution in [0.15, 0.2) is 18.2 Å². The zero-order valence-corrected chi connectivity index (χ0v) is 12.4. The number of nitro groups is 1. The van der Waals surface area contributed by atoms with Gasteiger partial charge in [0.2, 0.25) is 0 Å². The quantitative estimate of drug-likeness (QED) is 0.653. The first-order valence-corrected chi connectivity index (χ1v) is 6.26. The fourth-order valence-electron chi connectivity index (χ4n) is 1.59. The number of amides is 1. The molecule has 1 amide bonds. The van der Waals surface area contributed by atoms with Crippen molar-refractivity contribution < 1.29 is 14.8 Å². The number of aliphatic hydroxyl groups is 1. The zero-order valence-electron chi connectivity index (χ0n) is 12.4. The normalized spacial score (nSPS) is 12.1. The molecule has 0 radical (unpaired) electrons. The van der Waals surface area contributed by atoms with Crippen LogP contribution in [-0.2, 0) is 0 Å². The molecule has 1 aromatic rings. The summed E-state index contributed by atoms with van der Waals surface area (Å²) >= 11 is 0. The zero-order chi connectivity index (χ0) is 15.7. The van der Waals surface area contributed by atoms with Gasteiger partial charge in [-0.2, -0.15) is 0 Å². The number of hydrogen-bond acceptors (Lipinski definition) is 4. The number of rotatable bonds is 4. The van der Waals surface area contributed by atoms with Crippen molar-refractivity contribution in [2.75, 3.05) is 0 Å². The van der Waals surface area contributed by atoms with Crippen molar-refractivity contribution in [2.24, 2.45) is 0 Å². The van der Waals surface area contributed by atoms with Crippen LogP contribution in [0.3, 0.4) is 0 Å². The van der Waals surface area contributed by atoms with E-state index in [2.05, 4.69) is 5.32 Å². The molecule has 0 aliphatic heterocycles. The Morgan fingerprint density at radius 1 is 1.30 bits per heavy atom. The molecular weight excluding hydrogens is 260 g/mol.